The molecule has 0 aliphatic carbocycles. The number of hydrogen-bond donors (Lipinski definition) is 6. The third-order valence-corrected chi connectivity index (χ3v) is 3.17. The Morgan fingerprint density at radius 3 is 1.18 bits per heavy atom. The van der Waals surface area contributed by atoms with E-state index in [2.05, 4.69) is 0 Å². The Morgan fingerprint density at radius 2 is 0.909 bits per heavy atom. The minimum Gasteiger partial charge on any atom is -0.508 e. The van der Waals surface area contributed by atoms with Gasteiger partial charge in [-0.25, -0.2) is 0 Å². The van der Waals surface area contributed by atoms with Crippen LogP contribution < -0.4 is 0 Å². The molecule has 1 aromatic rings. The van der Waals surface area contributed by atoms with E-state index in [1.165, 1.54) is 12.1 Å². The van der Waals surface area contributed by atoms with Crippen molar-refractivity contribution >= 4 is 0 Å². The van der Waals surface area contributed by atoms with Crippen LogP contribution in [0.5, 0.6) is 11.5 Å². The van der Waals surface area contributed by atoms with E-state index in [1.807, 2.05) is 0 Å². The first-order valence-corrected chi connectivity index (χ1v) is 7.58. The monoisotopic (exact) mass is 316 g/mol. The van der Waals surface area contributed by atoms with Crippen LogP contribution in [0.4, 0.5) is 0 Å². The van der Waals surface area contributed by atoms with Gasteiger partial charge in [0.25, 0.3) is 0 Å². The van der Waals surface area contributed by atoms with Crippen LogP contribution in [0.3, 0.4) is 0 Å². The lowest BCUT2D eigenvalue weighted by atomic mass is 10.00. The van der Waals surface area contributed by atoms with Gasteiger partial charge < -0.3 is 30.6 Å². The molecule has 0 amide bonds. The van der Waals surface area contributed by atoms with Gasteiger partial charge in [-0.3, -0.25) is 0 Å². The molecule has 128 valence electrons. The molecule has 0 aliphatic rings. The summed E-state index contributed by atoms with van der Waals surface area (Å²) in [6, 6.07) is 2.75. The number of phenolic OH excluding ortho intramolecular Hbond substituents is 2. The predicted molar refractivity (Wildman–Crippen MR) is 84.0 cm³/mol. The smallest absolute Gasteiger partial charge is 0.119 e. The van der Waals surface area contributed by atoms with Gasteiger partial charge in [0.05, 0.1) is 0 Å². The normalized spacial score (nSPS) is 10.2. The number of aromatic hydroxyl groups is 2. The fourth-order valence-corrected chi connectivity index (χ4v) is 2.03. The second-order valence-electron chi connectivity index (χ2n) is 4.87. The topological polar surface area (TPSA) is 121 Å². The summed E-state index contributed by atoms with van der Waals surface area (Å²) in [5.74, 6) is 0.0839. The number of aliphatic hydroxyl groups is 4. The predicted octanol–water partition coefficient (Wildman–Crippen LogP) is 0.699. The molecular formula is C16H28O6. The Bertz CT molecular complexity index is 357. The molecule has 6 heteroatoms. The molecule has 0 bridgehead atoms. The highest BCUT2D eigenvalue weighted by Crippen LogP contribution is 2.29. The molecule has 0 aliphatic heterocycles. The first-order chi connectivity index (χ1) is 10.6. The van der Waals surface area contributed by atoms with E-state index in [9.17, 15) is 10.2 Å². The van der Waals surface area contributed by atoms with Crippen LogP contribution in [0.25, 0.3) is 0 Å². The molecule has 0 heterocycles. The number of rotatable bonds is 9. The van der Waals surface area contributed by atoms with Crippen molar-refractivity contribution in [3.63, 3.8) is 0 Å². The Morgan fingerprint density at radius 1 is 0.545 bits per heavy atom. The maximum Gasteiger partial charge on any atom is 0.119 e. The van der Waals surface area contributed by atoms with Gasteiger partial charge in [-0.15, -0.1) is 0 Å². The van der Waals surface area contributed by atoms with E-state index in [1.54, 1.807) is 0 Å². The van der Waals surface area contributed by atoms with Gasteiger partial charge in [-0.1, -0.05) is 12.8 Å². The molecule has 0 saturated carbocycles. The minimum atomic E-state index is -0.102. The molecule has 22 heavy (non-hydrogen) atoms. The molecule has 1 rings (SSSR count). The summed E-state index contributed by atoms with van der Waals surface area (Å²) in [5.41, 5.74) is 1.00. The summed E-state index contributed by atoms with van der Waals surface area (Å²) in [5, 5.41) is 53.1. The molecule has 0 unspecified atom stereocenters. The molecular weight excluding hydrogens is 288 g/mol. The molecule has 0 saturated heterocycles. The quantitative estimate of drug-likeness (QED) is 0.295. The molecule has 0 spiro atoms. The Hall–Kier alpha value is -1.34. The number of unbranched alkanes of at least 4 members (excludes halogenated alkanes) is 3. The average Bonchev–Trinajstić information content (AvgIpc) is 2.52. The van der Waals surface area contributed by atoms with Gasteiger partial charge in [0.1, 0.15) is 11.5 Å². The van der Waals surface area contributed by atoms with Crippen LogP contribution in [-0.2, 0) is 12.8 Å². The highest BCUT2D eigenvalue weighted by Gasteiger charge is 2.11. The maximum atomic E-state index is 9.47. The summed E-state index contributed by atoms with van der Waals surface area (Å²) in [6.07, 6.45) is 4.37. The Kier molecular flexibility index (Phi) is 12.5. The number of aliphatic hydroxyl groups excluding tert-OH is 4. The lowest BCUT2D eigenvalue weighted by Gasteiger charge is -2.11. The van der Waals surface area contributed by atoms with Crippen LogP contribution in [0.1, 0.15) is 36.8 Å². The summed E-state index contributed by atoms with van der Waals surface area (Å²) in [4.78, 5) is 0. The van der Waals surface area contributed by atoms with Crippen molar-refractivity contribution in [3.05, 3.63) is 23.3 Å². The number of benzene rings is 1. The van der Waals surface area contributed by atoms with Gasteiger partial charge in [-0.2, -0.15) is 0 Å². The zero-order valence-electron chi connectivity index (χ0n) is 12.9. The van der Waals surface area contributed by atoms with Crippen molar-refractivity contribution in [2.45, 2.75) is 38.5 Å². The highest BCUT2D eigenvalue weighted by molar-refractivity contribution is 5.47. The van der Waals surface area contributed by atoms with Gasteiger partial charge in [0.2, 0.25) is 0 Å². The van der Waals surface area contributed by atoms with Gasteiger partial charge in [-0.05, 0) is 37.8 Å². The third kappa shape index (κ3) is 8.19. The number of phenols is 2. The average molecular weight is 316 g/mol. The van der Waals surface area contributed by atoms with E-state index >= 15 is 0 Å². The first-order valence-electron chi connectivity index (χ1n) is 7.58. The van der Waals surface area contributed by atoms with Crippen LogP contribution in [0.15, 0.2) is 12.1 Å². The van der Waals surface area contributed by atoms with Crippen LogP contribution in [-0.4, -0.2) is 57.1 Å². The number of hydrogen-bond acceptors (Lipinski definition) is 6. The fourth-order valence-electron chi connectivity index (χ4n) is 2.03. The lowest BCUT2D eigenvalue weighted by molar-refractivity contribution is 0.265. The Labute approximate surface area is 131 Å². The molecule has 0 aromatic heterocycles. The second kappa shape index (κ2) is 13.3. The van der Waals surface area contributed by atoms with E-state index in [0.29, 0.717) is 11.1 Å². The fraction of sp³-hybridized carbons (Fsp3) is 0.625. The molecule has 6 N–H and O–H groups in total. The highest BCUT2D eigenvalue weighted by atomic mass is 16.3. The SMILES string of the molecule is OCCCCCCO.OCCc1c(O)ccc(O)c1CCO. The van der Waals surface area contributed by atoms with Crippen molar-refractivity contribution in [2.75, 3.05) is 26.4 Å². The Balaban J connectivity index is 0.000000472. The minimum absolute atomic E-state index is 0.0419. The molecule has 6 nitrogen and oxygen atoms in total. The van der Waals surface area contributed by atoms with E-state index < -0.39 is 0 Å². The largest absolute Gasteiger partial charge is 0.508 e. The van der Waals surface area contributed by atoms with Gasteiger partial charge >= 0.3 is 0 Å². The van der Waals surface area contributed by atoms with E-state index in [4.69, 9.17) is 20.4 Å². The standard InChI is InChI=1S/C10H14O4.C6H14O2/c11-5-3-7-8(4-6-12)10(14)2-1-9(7)13;7-5-3-1-2-4-6-8/h1-2,11-14H,3-6H2;7-8H,1-6H2. The summed E-state index contributed by atoms with van der Waals surface area (Å²) in [7, 11) is 0. The van der Waals surface area contributed by atoms with Crippen molar-refractivity contribution in [1.82, 2.24) is 0 Å². The zero-order chi connectivity index (χ0) is 16.8. The van der Waals surface area contributed by atoms with Gasteiger partial charge in [0, 0.05) is 37.6 Å². The zero-order valence-corrected chi connectivity index (χ0v) is 12.9. The van der Waals surface area contributed by atoms with Crippen molar-refractivity contribution < 1.29 is 30.6 Å². The summed E-state index contributed by atoms with van der Waals surface area (Å²) >= 11 is 0. The van der Waals surface area contributed by atoms with Gasteiger partial charge in [0.15, 0.2) is 0 Å². The van der Waals surface area contributed by atoms with E-state index in [0.717, 1.165) is 25.7 Å². The van der Waals surface area contributed by atoms with E-state index in [-0.39, 0.29) is 50.8 Å². The second-order valence-corrected chi connectivity index (χ2v) is 4.87. The van der Waals surface area contributed by atoms with Crippen molar-refractivity contribution in [3.8, 4) is 11.5 Å². The molecule has 0 radical (unpaired) electrons. The molecule has 0 fully saturated rings. The third-order valence-electron chi connectivity index (χ3n) is 3.17. The van der Waals surface area contributed by atoms with Crippen molar-refractivity contribution in [2.24, 2.45) is 0 Å². The summed E-state index contributed by atoms with van der Waals surface area (Å²) in [6.45, 7) is 0.363. The van der Waals surface area contributed by atoms with Crippen molar-refractivity contribution in [1.29, 1.82) is 0 Å². The molecule has 0 atom stereocenters. The van der Waals surface area contributed by atoms with Crippen LogP contribution in [0.2, 0.25) is 0 Å². The van der Waals surface area contributed by atoms with Crippen LogP contribution in [0, 0.1) is 0 Å². The maximum absolute atomic E-state index is 9.47. The first kappa shape index (κ1) is 20.7. The summed E-state index contributed by atoms with van der Waals surface area (Å²) < 4.78 is 0. The lowest BCUT2D eigenvalue weighted by Crippen LogP contribution is -2.01. The van der Waals surface area contributed by atoms with Crippen LogP contribution >= 0.6 is 0 Å². The molecule has 1 aromatic carbocycles.